The number of ether oxygens (including phenoxy) is 2. The molecule has 1 fully saturated rings. The van der Waals surface area contributed by atoms with Crippen molar-refractivity contribution in [3.05, 3.63) is 0 Å². The zero-order chi connectivity index (χ0) is 14.3. The van der Waals surface area contributed by atoms with Gasteiger partial charge in [-0.2, -0.15) is 0 Å². The largest absolute Gasteiger partial charge is 0.466 e. The highest BCUT2D eigenvalue weighted by Crippen LogP contribution is 2.21. The smallest absolute Gasteiger partial charge is 0.309 e. The van der Waals surface area contributed by atoms with E-state index in [1.165, 1.54) is 0 Å². The number of hydrogen-bond donors (Lipinski definition) is 0. The molecule has 0 N–H and O–H groups in total. The predicted octanol–water partition coefficient (Wildman–Crippen LogP) is 1.60. The van der Waals surface area contributed by atoms with Crippen LogP contribution in [0, 0.1) is 5.92 Å². The molecule has 110 valence electrons. The molecule has 0 saturated carbocycles. The summed E-state index contributed by atoms with van der Waals surface area (Å²) >= 11 is 0. The number of nitrogens with zero attached hydrogens (tertiary/aromatic N) is 1. The normalized spacial score (nSPS) is 18.9. The van der Waals surface area contributed by atoms with Gasteiger partial charge in [0.1, 0.15) is 0 Å². The van der Waals surface area contributed by atoms with Crippen molar-refractivity contribution in [2.75, 3.05) is 26.3 Å². The number of carbonyl (C=O) groups excluding carboxylic acids is 2. The van der Waals surface area contributed by atoms with Gasteiger partial charge >= 0.3 is 11.9 Å². The summed E-state index contributed by atoms with van der Waals surface area (Å²) in [5.74, 6) is -0.214. The van der Waals surface area contributed by atoms with Gasteiger partial charge < -0.3 is 14.4 Å². The standard InChI is InChI=1S/C14H25NO4/c1-4-18-13(16)10-11(3)15-8-6-12(7-9-15)14(17)19-5-2/h11-12H,4-10H2,1-3H3. The molecule has 0 spiro atoms. The topological polar surface area (TPSA) is 55.8 Å². The number of piperidine rings is 1. The van der Waals surface area contributed by atoms with Gasteiger partial charge in [-0.1, -0.05) is 0 Å². The predicted molar refractivity (Wildman–Crippen MR) is 71.6 cm³/mol. The Kier molecular flexibility index (Phi) is 6.84. The molecule has 1 heterocycles. The molecular formula is C14H25NO4. The third-order valence-electron chi connectivity index (χ3n) is 3.54. The van der Waals surface area contributed by atoms with Gasteiger partial charge in [-0.3, -0.25) is 9.59 Å². The quantitative estimate of drug-likeness (QED) is 0.687. The second-order valence-corrected chi connectivity index (χ2v) is 4.92. The molecule has 0 aliphatic carbocycles. The minimum atomic E-state index is -0.150. The summed E-state index contributed by atoms with van der Waals surface area (Å²) < 4.78 is 10.00. The molecule has 0 aromatic carbocycles. The van der Waals surface area contributed by atoms with E-state index in [1.807, 2.05) is 20.8 Å². The van der Waals surface area contributed by atoms with Crippen molar-refractivity contribution in [3.8, 4) is 0 Å². The molecule has 0 aromatic heterocycles. The third kappa shape index (κ3) is 5.19. The number of likely N-dealkylation sites (tertiary alicyclic amines) is 1. The van der Waals surface area contributed by atoms with Crippen LogP contribution in [0.3, 0.4) is 0 Å². The second-order valence-electron chi connectivity index (χ2n) is 4.92. The maximum atomic E-state index is 11.6. The highest BCUT2D eigenvalue weighted by Gasteiger charge is 2.28. The van der Waals surface area contributed by atoms with Gasteiger partial charge in [0.2, 0.25) is 0 Å². The summed E-state index contributed by atoms with van der Waals surface area (Å²) in [5.41, 5.74) is 0. The van der Waals surface area contributed by atoms with Crippen molar-refractivity contribution in [1.29, 1.82) is 0 Å². The monoisotopic (exact) mass is 271 g/mol. The zero-order valence-electron chi connectivity index (χ0n) is 12.2. The molecule has 0 radical (unpaired) electrons. The summed E-state index contributed by atoms with van der Waals surface area (Å²) in [5, 5.41) is 0. The summed E-state index contributed by atoms with van der Waals surface area (Å²) in [6, 6.07) is 0.169. The fourth-order valence-corrected chi connectivity index (χ4v) is 2.43. The minimum Gasteiger partial charge on any atom is -0.466 e. The molecule has 0 bridgehead atoms. The average molecular weight is 271 g/mol. The van der Waals surface area contributed by atoms with E-state index in [0.717, 1.165) is 25.9 Å². The Morgan fingerprint density at radius 2 is 1.74 bits per heavy atom. The summed E-state index contributed by atoms with van der Waals surface area (Å²) in [6.45, 7) is 8.21. The Morgan fingerprint density at radius 3 is 2.26 bits per heavy atom. The van der Waals surface area contributed by atoms with E-state index >= 15 is 0 Å². The molecule has 5 heteroatoms. The van der Waals surface area contributed by atoms with E-state index in [-0.39, 0.29) is 23.9 Å². The van der Waals surface area contributed by atoms with Crippen LogP contribution in [0.15, 0.2) is 0 Å². The van der Waals surface area contributed by atoms with Crippen LogP contribution < -0.4 is 0 Å². The second kappa shape index (κ2) is 8.15. The SMILES string of the molecule is CCOC(=O)CC(C)N1CCC(C(=O)OCC)CC1. The van der Waals surface area contributed by atoms with Crippen LogP contribution in [0.4, 0.5) is 0 Å². The lowest BCUT2D eigenvalue weighted by Crippen LogP contribution is -2.42. The lowest BCUT2D eigenvalue weighted by Gasteiger charge is -2.34. The van der Waals surface area contributed by atoms with Crippen molar-refractivity contribution in [2.24, 2.45) is 5.92 Å². The van der Waals surface area contributed by atoms with Crippen molar-refractivity contribution in [3.63, 3.8) is 0 Å². The van der Waals surface area contributed by atoms with Crippen LogP contribution in [0.5, 0.6) is 0 Å². The molecule has 1 saturated heterocycles. The van der Waals surface area contributed by atoms with E-state index in [0.29, 0.717) is 19.6 Å². The van der Waals surface area contributed by atoms with E-state index < -0.39 is 0 Å². The molecule has 0 amide bonds. The molecule has 1 unspecified atom stereocenters. The number of esters is 2. The van der Waals surface area contributed by atoms with Crippen LogP contribution >= 0.6 is 0 Å². The van der Waals surface area contributed by atoms with Crippen molar-refractivity contribution >= 4 is 11.9 Å². The van der Waals surface area contributed by atoms with E-state index in [9.17, 15) is 9.59 Å². The van der Waals surface area contributed by atoms with Gasteiger partial charge in [-0.05, 0) is 46.7 Å². The minimum absolute atomic E-state index is 0.0194. The number of carbonyl (C=O) groups is 2. The van der Waals surface area contributed by atoms with E-state index in [2.05, 4.69) is 4.90 Å². The van der Waals surface area contributed by atoms with Crippen molar-refractivity contribution in [1.82, 2.24) is 4.90 Å². The lowest BCUT2D eigenvalue weighted by molar-refractivity contribution is -0.150. The van der Waals surface area contributed by atoms with E-state index in [4.69, 9.17) is 9.47 Å². The Hall–Kier alpha value is -1.10. The van der Waals surface area contributed by atoms with Crippen LogP contribution in [-0.2, 0) is 19.1 Å². The molecule has 1 aliphatic heterocycles. The van der Waals surface area contributed by atoms with E-state index in [1.54, 1.807) is 0 Å². The van der Waals surface area contributed by atoms with Gasteiger partial charge in [0.15, 0.2) is 0 Å². The first-order chi connectivity index (χ1) is 9.08. The number of hydrogen-bond acceptors (Lipinski definition) is 5. The summed E-state index contributed by atoms with van der Waals surface area (Å²) in [6.07, 6.45) is 2.04. The van der Waals surface area contributed by atoms with Gasteiger partial charge in [0.05, 0.1) is 25.6 Å². The van der Waals surface area contributed by atoms with Crippen LogP contribution in [0.2, 0.25) is 0 Å². The Labute approximate surface area is 115 Å². The fraction of sp³-hybridized carbons (Fsp3) is 0.857. The lowest BCUT2D eigenvalue weighted by atomic mass is 9.95. The highest BCUT2D eigenvalue weighted by atomic mass is 16.5. The first kappa shape index (κ1) is 16.0. The molecule has 1 aliphatic rings. The first-order valence-corrected chi connectivity index (χ1v) is 7.14. The van der Waals surface area contributed by atoms with Gasteiger partial charge in [0.25, 0.3) is 0 Å². The van der Waals surface area contributed by atoms with Crippen LogP contribution in [0.1, 0.15) is 40.0 Å². The average Bonchev–Trinajstić information content (AvgIpc) is 2.39. The fourth-order valence-electron chi connectivity index (χ4n) is 2.43. The van der Waals surface area contributed by atoms with Gasteiger partial charge in [-0.15, -0.1) is 0 Å². The van der Waals surface area contributed by atoms with Crippen LogP contribution in [0.25, 0.3) is 0 Å². The zero-order valence-corrected chi connectivity index (χ0v) is 12.2. The Bertz CT molecular complexity index is 298. The molecule has 5 nitrogen and oxygen atoms in total. The van der Waals surface area contributed by atoms with Crippen molar-refractivity contribution < 1.29 is 19.1 Å². The Morgan fingerprint density at radius 1 is 1.16 bits per heavy atom. The summed E-state index contributed by atoms with van der Waals surface area (Å²) in [7, 11) is 0. The molecule has 1 atom stereocenters. The maximum absolute atomic E-state index is 11.6. The molecule has 0 aromatic rings. The maximum Gasteiger partial charge on any atom is 0.309 e. The highest BCUT2D eigenvalue weighted by molar-refractivity contribution is 5.72. The van der Waals surface area contributed by atoms with Gasteiger partial charge in [0, 0.05) is 6.04 Å². The van der Waals surface area contributed by atoms with Crippen molar-refractivity contribution in [2.45, 2.75) is 46.1 Å². The summed E-state index contributed by atoms with van der Waals surface area (Å²) in [4.78, 5) is 25.3. The number of rotatable bonds is 6. The van der Waals surface area contributed by atoms with Gasteiger partial charge in [-0.25, -0.2) is 0 Å². The molecule has 19 heavy (non-hydrogen) atoms. The van der Waals surface area contributed by atoms with Crippen LogP contribution in [-0.4, -0.2) is 49.2 Å². The Balaban J connectivity index is 2.32. The molecule has 1 rings (SSSR count). The third-order valence-corrected chi connectivity index (χ3v) is 3.54. The first-order valence-electron chi connectivity index (χ1n) is 7.14. The molecular weight excluding hydrogens is 246 g/mol.